The fourth-order valence-electron chi connectivity index (χ4n) is 4.22. The lowest BCUT2D eigenvalue weighted by molar-refractivity contribution is -0.138. The molecule has 0 unspecified atom stereocenters. The summed E-state index contributed by atoms with van der Waals surface area (Å²) in [6, 6.07) is 6.41. The minimum atomic E-state index is -4.81. The quantitative estimate of drug-likeness (QED) is 0.264. The number of hydrogen-bond acceptors (Lipinski definition) is 6. The van der Waals surface area contributed by atoms with Gasteiger partial charge in [0, 0.05) is 16.7 Å². The first kappa shape index (κ1) is 30.2. The third-order valence-corrected chi connectivity index (χ3v) is 8.94. The van der Waals surface area contributed by atoms with E-state index in [-0.39, 0.29) is 18.7 Å². The van der Waals surface area contributed by atoms with Crippen LogP contribution in [0.3, 0.4) is 0 Å². The van der Waals surface area contributed by atoms with Crippen molar-refractivity contribution in [2.45, 2.75) is 54.4 Å². The molecule has 0 radical (unpaired) electrons. The summed E-state index contributed by atoms with van der Waals surface area (Å²) in [4.78, 5) is 14.3. The van der Waals surface area contributed by atoms with Gasteiger partial charge in [-0.05, 0) is 76.3 Å². The largest absolute Gasteiger partial charge is 0.377 e. The highest BCUT2D eigenvalue weighted by Gasteiger charge is 2.50. The molecule has 1 saturated carbocycles. The predicted octanol–water partition coefficient (Wildman–Crippen LogP) is 5.26. The SMILES string of the molecule is CN(C)CC[C@H](CSc1ccc(F)cc1)Nc1c(F)cc(S(=O)(=O)NC(=O)C2(C(F)F)CCCC2)cc1F. The van der Waals surface area contributed by atoms with Gasteiger partial charge in [0.05, 0.1) is 4.90 Å². The molecular weight excluding hydrogens is 549 g/mol. The third kappa shape index (κ3) is 7.38. The molecule has 0 heterocycles. The van der Waals surface area contributed by atoms with Crippen molar-refractivity contribution in [2.75, 3.05) is 31.7 Å². The van der Waals surface area contributed by atoms with E-state index in [9.17, 15) is 35.2 Å². The highest BCUT2D eigenvalue weighted by atomic mass is 32.2. The van der Waals surface area contributed by atoms with Gasteiger partial charge in [0.15, 0.2) is 11.6 Å². The van der Waals surface area contributed by atoms with Crippen LogP contribution in [0.4, 0.5) is 27.6 Å². The molecule has 0 spiro atoms. The van der Waals surface area contributed by atoms with Crippen LogP contribution >= 0.6 is 11.8 Å². The summed E-state index contributed by atoms with van der Waals surface area (Å²) in [5.41, 5.74) is -2.70. The van der Waals surface area contributed by atoms with Crippen molar-refractivity contribution in [3.8, 4) is 0 Å². The first-order valence-corrected chi connectivity index (χ1v) is 14.4. The Bertz CT molecular complexity index is 1200. The van der Waals surface area contributed by atoms with E-state index in [2.05, 4.69) is 5.32 Å². The maximum atomic E-state index is 15.0. The van der Waals surface area contributed by atoms with Crippen molar-refractivity contribution in [1.82, 2.24) is 9.62 Å². The zero-order chi connectivity index (χ0) is 28.1. The Kier molecular flexibility index (Phi) is 10.0. The second-order valence-electron chi connectivity index (χ2n) is 9.56. The molecule has 1 fully saturated rings. The fourth-order valence-corrected chi connectivity index (χ4v) is 6.27. The van der Waals surface area contributed by atoms with E-state index in [0.29, 0.717) is 43.7 Å². The molecule has 2 aromatic rings. The molecule has 2 aromatic carbocycles. The van der Waals surface area contributed by atoms with Gasteiger partial charge in [-0.2, -0.15) is 0 Å². The summed E-state index contributed by atoms with van der Waals surface area (Å²) in [5, 5.41) is 2.78. The van der Waals surface area contributed by atoms with Crippen molar-refractivity contribution < 1.29 is 35.2 Å². The summed E-state index contributed by atoms with van der Waals surface area (Å²) >= 11 is 1.35. The summed E-state index contributed by atoms with van der Waals surface area (Å²) in [5.74, 6) is -3.84. The maximum absolute atomic E-state index is 15.0. The number of carbonyl (C=O) groups is 1. The molecule has 38 heavy (non-hydrogen) atoms. The predicted molar refractivity (Wildman–Crippen MR) is 136 cm³/mol. The van der Waals surface area contributed by atoms with E-state index in [1.807, 2.05) is 19.0 Å². The number of amides is 1. The van der Waals surface area contributed by atoms with E-state index >= 15 is 0 Å². The topological polar surface area (TPSA) is 78.5 Å². The number of nitrogens with one attached hydrogen (secondary N) is 2. The molecule has 1 atom stereocenters. The molecule has 13 heteroatoms. The van der Waals surface area contributed by atoms with Crippen LogP contribution in [0, 0.1) is 22.9 Å². The number of benzene rings is 2. The number of anilines is 1. The molecular formula is C25H30F5N3O3S2. The Balaban J connectivity index is 1.78. The molecule has 210 valence electrons. The summed E-state index contributed by atoms with van der Waals surface area (Å²) in [6.07, 6.45) is -2.27. The highest BCUT2D eigenvalue weighted by Crippen LogP contribution is 2.43. The van der Waals surface area contributed by atoms with Crippen molar-refractivity contribution in [3.05, 3.63) is 53.8 Å². The summed E-state index contributed by atoms with van der Waals surface area (Å²) in [7, 11) is -1.14. The van der Waals surface area contributed by atoms with Gasteiger partial charge in [-0.3, -0.25) is 4.79 Å². The van der Waals surface area contributed by atoms with Gasteiger partial charge in [0.1, 0.15) is 16.9 Å². The van der Waals surface area contributed by atoms with Gasteiger partial charge in [0.25, 0.3) is 16.4 Å². The molecule has 0 aliphatic heterocycles. The first-order valence-electron chi connectivity index (χ1n) is 12.0. The summed E-state index contributed by atoms with van der Waals surface area (Å²) in [6.45, 7) is 0.579. The molecule has 0 aromatic heterocycles. The minimum absolute atomic E-state index is 0.179. The van der Waals surface area contributed by atoms with Crippen LogP contribution in [0.5, 0.6) is 0 Å². The molecule has 1 aliphatic rings. The van der Waals surface area contributed by atoms with Gasteiger partial charge in [-0.25, -0.2) is 35.1 Å². The lowest BCUT2D eigenvalue weighted by atomic mass is 9.86. The lowest BCUT2D eigenvalue weighted by Gasteiger charge is -2.26. The number of thioether (sulfide) groups is 1. The Morgan fingerprint density at radius 1 is 1.05 bits per heavy atom. The molecule has 6 nitrogen and oxygen atoms in total. The number of carbonyl (C=O) groups excluding carboxylic acids is 1. The van der Waals surface area contributed by atoms with E-state index in [1.165, 1.54) is 23.9 Å². The van der Waals surface area contributed by atoms with Crippen molar-refractivity contribution in [1.29, 1.82) is 0 Å². The van der Waals surface area contributed by atoms with Crippen LogP contribution in [-0.2, 0) is 14.8 Å². The zero-order valence-electron chi connectivity index (χ0n) is 20.9. The van der Waals surface area contributed by atoms with Gasteiger partial charge < -0.3 is 10.2 Å². The number of alkyl halides is 2. The smallest absolute Gasteiger partial charge is 0.264 e. The van der Waals surface area contributed by atoms with Gasteiger partial charge in [-0.15, -0.1) is 11.8 Å². The van der Waals surface area contributed by atoms with Crippen molar-refractivity contribution in [3.63, 3.8) is 0 Å². The van der Waals surface area contributed by atoms with Crippen LogP contribution in [0.25, 0.3) is 0 Å². The number of halogens is 5. The highest BCUT2D eigenvalue weighted by molar-refractivity contribution is 7.99. The zero-order valence-corrected chi connectivity index (χ0v) is 22.6. The van der Waals surface area contributed by atoms with Crippen LogP contribution in [0.2, 0.25) is 0 Å². The number of rotatable bonds is 12. The van der Waals surface area contributed by atoms with Crippen LogP contribution in [-0.4, -0.2) is 58.1 Å². The van der Waals surface area contributed by atoms with Crippen LogP contribution < -0.4 is 10.0 Å². The second kappa shape index (κ2) is 12.6. The van der Waals surface area contributed by atoms with Gasteiger partial charge in [-0.1, -0.05) is 12.8 Å². The average molecular weight is 580 g/mol. The molecule has 0 saturated heterocycles. The Morgan fingerprint density at radius 3 is 2.16 bits per heavy atom. The first-order chi connectivity index (χ1) is 17.8. The van der Waals surface area contributed by atoms with Crippen molar-refractivity contribution >= 4 is 33.4 Å². The third-order valence-electron chi connectivity index (χ3n) is 6.46. The number of sulfonamides is 1. The lowest BCUT2D eigenvalue weighted by Crippen LogP contribution is -2.46. The monoisotopic (exact) mass is 579 g/mol. The second-order valence-corrected chi connectivity index (χ2v) is 12.3. The molecule has 2 N–H and O–H groups in total. The maximum Gasteiger partial charge on any atom is 0.264 e. The molecule has 1 amide bonds. The van der Waals surface area contributed by atoms with Crippen LogP contribution in [0.1, 0.15) is 32.1 Å². The summed E-state index contributed by atoms with van der Waals surface area (Å²) < 4.78 is 97.4. The molecule has 1 aliphatic carbocycles. The normalized spacial score (nSPS) is 16.1. The average Bonchev–Trinajstić information content (AvgIpc) is 3.35. The van der Waals surface area contributed by atoms with E-state index in [1.54, 1.807) is 16.9 Å². The van der Waals surface area contributed by atoms with Crippen LogP contribution in [0.15, 0.2) is 46.2 Å². The van der Waals surface area contributed by atoms with E-state index in [0.717, 1.165) is 4.90 Å². The number of hydrogen-bond donors (Lipinski definition) is 2. The van der Waals surface area contributed by atoms with Crippen molar-refractivity contribution in [2.24, 2.45) is 5.41 Å². The molecule has 3 rings (SSSR count). The minimum Gasteiger partial charge on any atom is -0.377 e. The number of nitrogens with zero attached hydrogens (tertiary/aromatic N) is 1. The molecule has 0 bridgehead atoms. The van der Waals surface area contributed by atoms with E-state index in [4.69, 9.17) is 0 Å². The fraction of sp³-hybridized carbons (Fsp3) is 0.480. The Morgan fingerprint density at radius 2 is 1.63 bits per heavy atom. The van der Waals surface area contributed by atoms with E-state index < -0.39 is 56.0 Å². The Labute approximate surface area is 223 Å². The van der Waals surface area contributed by atoms with Gasteiger partial charge in [0.2, 0.25) is 5.91 Å². The van der Waals surface area contributed by atoms with Gasteiger partial charge >= 0.3 is 0 Å². The Hall–Kier alpha value is -2.38. The standard InChI is InChI=1S/C25H30F5N3O3S2/c1-33(2)12-9-17(15-37-18-7-5-16(26)6-8-18)31-22-20(27)13-19(14-21(22)28)38(35,36)32-24(34)25(23(29)30)10-3-4-11-25/h5-8,13-14,17,23,31H,3-4,9-12,15H2,1-2H3,(H,32,34)/t17-/m1/s1.